The van der Waals surface area contributed by atoms with Crippen molar-refractivity contribution in [1.29, 1.82) is 0 Å². The molecule has 0 unspecified atom stereocenters. The van der Waals surface area contributed by atoms with Crippen LogP contribution in [0.2, 0.25) is 0 Å². The van der Waals surface area contributed by atoms with Gasteiger partial charge in [-0.05, 0) is 15.9 Å². The summed E-state index contributed by atoms with van der Waals surface area (Å²) in [6.45, 7) is 1.03. The van der Waals surface area contributed by atoms with Crippen LogP contribution in [0.1, 0.15) is 0 Å². The first-order chi connectivity index (χ1) is 8.27. The molecular formula is C9H9BBrN2O4. The maximum absolute atomic E-state index is 10.2. The lowest BCUT2D eigenvalue weighted by atomic mass is 9.99. The smallest absolute Gasteiger partial charge is 0.299 e. The zero-order chi connectivity index (χ0) is 12.5. The van der Waals surface area contributed by atoms with Gasteiger partial charge >= 0.3 is 0 Å². The van der Waals surface area contributed by atoms with E-state index in [1.165, 1.54) is 13.6 Å². The topological polar surface area (TPSA) is 77.5 Å². The Labute approximate surface area is 107 Å². The zero-order valence-electron chi connectivity index (χ0n) is 8.76. The van der Waals surface area contributed by atoms with Gasteiger partial charge in [-0.2, -0.15) is 0 Å². The predicted octanol–water partition coefficient (Wildman–Crippen LogP) is 0.157. The van der Waals surface area contributed by atoms with E-state index < -0.39 is 0 Å². The second-order valence-corrected chi connectivity index (χ2v) is 3.69. The quantitative estimate of drug-likeness (QED) is 0.418. The Morgan fingerprint density at radius 1 is 1.53 bits per heavy atom. The second-order valence-electron chi connectivity index (χ2n) is 2.78. The summed E-state index contributed by atoms with van der Waals surface area (Å²) in [6.07, 6.45) is 2.13. The van der Waals surface area contributed by atoms with E-state index in [2.05, 4.69) is 30.9 Å². The van der Waals surface area contributed by atoms with Crippen molar-refractivity contribution in [2.24, 2.45) is 0 Å². The van der Waals surface area contributed by atoms with Crippen molar-refractivity contribution in [2.45, 2.75) is 0 Å². The lowest BCUT2D eigenvalue weighted by Gasteiger charge is -2.09. The molecule has 1 N–H and O–H groups in total. The highest BCUT2D eigenvalue weighted by molar-refractivity contribution is 9.10. The molecule has 1 rings (SSSR count). The number of hydrogen-bond donors (Lipinski definition) is 1. The number of carbonyl (C=O) groups excluding carboxylic acids is 2. The normalized spacial score (nSPS) is 9.47. The summed E-state index contributed by atoms with van der Waals surface area (Å²) < 4.78 is 10.7. The standard InChI is InChI=1S/C9H9BBrN2O4/c11-7-3-8(9(12-4-7)17-6-15)16-2-1-13-10-5-14/h3-6,13H,1-2H2. The van der Waals surface area contributed by atoms with Gasteiger partial charge in [-0.15, -0.1) is 0 Å². The van der Waals surface area contributed by atoms with Gasteiger partial charge in [-0.25, -0.2) is 4.98 Å². The Balaban J connectivity index is 2.52. The lowest BCUT2D eigenvalue weighted by molar-refractivity contribution is -0.121. The van der Waals surface area contributed by atoms with Crippen molar-refractivity contribution in [3.05, 3.63) is 16.7 Å². The Bertz CT molecular complexity index is 391. The number of nitrogens with one attached hydrogen (secondary N) is 1. The van der Waals surface area contributed by atoms with Crippen LogP contribution >= 0.6 is 15.9 Å². The maximum Gasteiger partial charge on any atom is 0.299 e. The molecule has 6 nitrogen and oxygen atoms in total. The number of rotatable bonds is 8. The van der Waals surface area contributed by atoms with Crippen molar-refractivity contribution in [1.82, 2.24) is 10.2 Å². The number of ether oxygens (including phenoxy) is 2. The lowest BCUT2D eigenvalue weighted by Crippen LogP contribution is -2.25. The highest BCUT2D eigenvalue weighted by Crippen LogP contribution is 2.27. The van der Waals surface area contributed by atoms with E-state index in [4.69, 9.17) is 4.74 Å². The minimum absolute atomic E-state index is 0.0996. The Hall–Kier alpha value is -1.41. The predicted molar refractivity (Wildman–Crippen MR) is 64.6 cm³/mol. The van der Waals surface area contributed by atoms with E-state index in [9.17, 15) is 9.59 Å². The zero-order valence-corrected chi connectivity index (χ0v) is 10.3. The molecule has 1 aromatic rings. The van der Waals surface area contributed by atoms with Crippen LogP contribution in [0.3, 0.4) is 0 Å². The fourth-order valence-corrected chi connectivity index (χ4v) is 1.31. The summed E-state index contributed by atoms with van der Waals surface area (Å²) in [5.74, 6) is 0.446. The molecule has 0 bridgehead atoms. The molecule has 0 aromatic carbocycles. The van der Waals surface area contributed by atoms with Gasteiger partial charge in [0.05, 0.1) is 12.8 Å². The molecule has 0 amide bonds. The van der Waals surface area contributed by atoms with E-state index in [1.54, 1.807) is 6.07 Å². The third-order valence-electron chi connectivity index (χ3n) is 1.63. The molecule has 17 heavy (non-hydrogen) atoms. The molecular weight excluding hydrogens is 291 g/mol. The molecule has 0 saturated heterocycles. The van der Waals surface area contributed by atoms with Crippen LogP contribution in [0.15, 0.2) is 16.7 Å². The van der Waals surface area contributed by atoms with Crippen molar-refractivity contribution in [3.8, 4) is 11.6 Å². The van der Waals surface area contributed by atoms with Crippen molar-refractivity contribution < 1.29 is 19.1 Å². The molecule has 0 spiro atoms. The average Bonchev–Trinajstić information content (AvgIpc) is 2.32. The Morgan fingerprint density at radius 3 is 3.06 bits per heavy atom. The third-order valence-corrected chi connectivity index (χ3v) is 2.07. The molecule has 8 heteroatoms. The van der Waals surface area contributed by atoms with Crippen LogP contribution in [-0.4, -0.2) is 38.2 Å². The van der Waals surface area contributed by atoms with Gasteiger partial charge in [-0.3, -0.25) is 4.79 Å². The second kappa shape index (κ2) is 7.80. The van der Waals surface area contributed by atoms with Gasteiger partial charge in [-0.1, -0.05) is 0 Å². The number of hydrogen-bond acceptors (Lipinski definition) is 6. The van der Waals surface area contributed by atoms with E-state index in [-0.39, 0.29) is 12.4 Å². The van der Waals surface area contributed by atoms with Gasteiger partial charge < -0.3 is 19.5 Å². The van der Waals surface area contributed by atoms with Crippen LogP contribution in [0, 0.1) is 0 Å². The molecule has 0 aliphatic carbocycles. The minimum Gasteiger partial charge on any atom is -0.487 e. The summed E-state index contributed by atoms with van der Waals surface area (Å²) in [4.78, 5) is 24.1. The number of halogens is 1. The van der Waals surface area contributed by atoms with Crippen LogP contribution in [0.5, 0.6) is 11.6 Å². The highest BCUT2D eigenvalue weighted by atomic mass is 79.9. The summed E-state index contributed by atoms with van der Waals surface area (Å²) in [7, 11) is 1.27. The average molecular weight is 300 g/mol. The largest absolute Gasteiger partial charge is 0.487 e. The summed E-state index contributed by atoms with van der Waals surface area (Å²) in [6, 6.07) is 1.63. The molecule has 0 fully saturated rings. The maximum atomic E-state index is 10.2. The van der Waals surface area contributed by atoms with Crippen LogP contribution in [0.25, 0.3) is 0 Å². The van der Waals surface area contributed by atoms with Crippen molar-refractivity contribution >= 4 is 36.0 Å². The molecule has 89 valence electrons. The molecule has 0 atom stereocenters. The van der Waals surface area contributed by atoms with Gasteiger partial charge in [0.2, 0.25) is 0 Å². The number of pyridine rings is 1. The highest BCUT2D eigenvalue weighted by Gasteiger charge is 2.07. The molecule has 1 radical (unpaired) electrons. The monoisotopic (exact) mass is 299 g/mol. The molecule has 0 aliphatic rings. The Morgan fingerprint density at radius 2 is 2.35 bits per heavy atom. The van der Waals surface area contributed by atoms with Gasteiger partial charge in [0, 0.05) is 23.3 Å². The first-order valence-electron chi connectivity index (χ1n) is 4.67. The van der Waals surface area contributed by atoms with Gasteiger partial charge in [0.1, 0.15) is 0 Å². The molecule has 1 heterocycles. The fourth-order valence-electron chi connectivity index (χ4n) is 0.997. The Kier molecular flexibility index (Phi) is 6.27. The third kappa shape index (κ3) is 4.96. The fraction of sp³-hybridized carbons (Fsp3) is 0.222. The summed E-state index contributed by atoms with van der Waals surface area (Å²) >= 11 is 3.23. The summed E-state index contributed by atoms with van der Waals surface area (Å²) in [5, 5.41) is 2.71. The number of aromatic nitrogens is 1. The van der Waals surface area contributed by atoms with Gasteiger partial charge in [0.15, 0.2) is 5.75 Å². The van der Waals surface area contributed by atoms with Crippen LogP contribution in [0.4, 0.5) is 0 Å². The van der Waals surface area contributed by atoms with Crippen LogP contribution in [-0.2, 0) is 9.59 Å². The number of nitrogens with zero attached hydrogens (tertiary/aromatic N) is 1. The molecule has 1 aromatic heterocycles. The summed E-state index contributed by atoms with van der Waals surface area (Å²) in [5.41, 5.74) is 0. The first-order valence-corrected chi connectivity index (χ1v) is 5.46. The first kappa shape index (κ1) is 13.7. The van der Waals surface area contributed by atoms with E-state index in [1.807, 2.05) is 0 Å². The van der Waals surface area contributed by atoms with E-state index in [0.29, 0.717) is 29.6 Å². The SMILES string of the molecule is O=C[B]NCCOc1cc(Br)cnc1OC=O. The van der Waals surface area contributed by atoms with E-state index in [0.717, 1.165) is 0 Å². The van der Waals surface area contributed by atoms with Crippen molar-refractivity contribution in [2.75, 3.05) is 13.2 Å². The van der Waals surface area contributed by atoms with Gasteiger partial charge in [0.25, 0.3) is 19.8 Å². The van der Waals surface area contributed by atoms with Crippen LogP contribution < -0.4 is 14.7 Å². The van der Waals surface area contributed by atoms with Crippen molar-refractivity contribution in [3.63, 3.8) is 0 Å². The molecule has 0 aliphatic heterocycles. The minimum atomic E-state index is 0.0996. The van der Waals surface area contributed by atoms with E-state index >= 15 is 0 Å². The molecule has 0 saturated carbocycles. The number of carbonyl (C=O) groups is 2.